The molecule has 7 nitrogen and oxygen atoms in total. The summed E-state index contributed by atoms with van der Waals surface area (Å²) in [5.74, 6) is -1.19. The fourth-order valence-corrected chi connectivity index (χ4v) is 0. The number of aliphatic hydroxyl groups excluding tert-OH is 1. The van der Waals surface area contributed by atoms with Gasteiger partial charge in [0.2, 0.25) is 0 Å². The summed E-state index contributed by atoms with van der Waals surface area (Å²) >= 11 is 0. The van der Waals surface area contributed by atoms with Crippen LogP contribution in [-0.4, -0.2) is 38.7 Å². The van der Waals surface area contributed by atoms with Gasteiger partial charge in [-0.05, 0) is 6.92 Å². The van der Waals surface area contributed by atoms with Crippen molar-refractivity contribution < 1.29 is 53.2 Å². The van der Waals surface area contributed by atoms with Gasteiger partial charge >= 0.3 is 5.97 Å². The third kappa shape index (κ3) is 40.1. The first-order valence-electron chi connectivity index (χ1n) is 1.55. The fourth-order valence-electron chi connectivity index (χ4n) is 0. The maximum absolute atomic E-state index is 9.45. The Bertz CT molecular complexity index is 68.8. The maximum Gasteiger partial charge on any atom is 0.332 e. The smallest absolute Gasteiger partial charge is 0.332 e. The van der Waals surface area contributed by atoms with Crippen molar-refractivity contribution in [3.8, 4) is 0 Å². The Morgan fingerprint density at radius 1 is 1.27 bits per heavy atom. The van der Waals surface area contributed by atoms with Crippen LogP contribution in [0, 0.1) is 0 Å². The van der Waals surface area contributed by atoms with Crippen molar-refractivity contribution in [2.24, 2.45) is 0 Å². The van der Waals surface area contributed by atoms with Crippen LogP contribution in [0.2, 0.25) is 0 Å². The topological polar surface area (TPSA) is 187 Å². The maximum atomic E-state index is 9.45. The summed E-state index contributed by atoms with van der Waals surface area (Å²) in [5, 5.41) is 15.8. The Labute approximate surface area is 78.8 Å². The summed E-state index contributed by atoms with van der Waals surface area (Å²) in [6.07, 6.45) is -1.23. The molecule has 0 fully saturated rings. The second-order valence-electron chi connectivity index (χ2n) is 1.01. The molecule has 0 aliphatic heterocycles. The van der Waals surface area contributed by atoms with Gasteiger partial charge in [0, 0.05) is 21.7 Å². The molecule has 0 heterocycles. The third-order valence-corrected chi connectivity index (χ3v) is 0.357. The quantitative estimate of drug-likeness (QED) is 0.391. The number of aliphatic hydroxyl groups is 1. The number of rotatable bonds is 1. The zero-order valence-electron chi connectivity index (χ0n) is 6.09. The molecule has 0 aliphatic rings. The molecule has 1 atom stereocenters. The number of carboxylic acid groups (broad SMARTS) is 1. The van der Waals surface area contributed by atoms with Crippen molar-refractivity contribution in [2.45, 2.75) is 13.0 Å². The standard InChI is InChI=1S/C3H6O3.H3N.3H2O.Ti/c1-2(4)3(5)6;;;;;/h2,4H,1H3,(H,5,6);1H3;3*1H2;. The molecular weight excluding hydrogens is 194 g/mol. The van der Waals surface area contributed by atoms with E-state index in [-0.39, 0.29) is 44.3 Å². The molecule has 0 aromatic rings. The van der Waals surface area contributed by atoms with Crippen LogP contribution in [0.1, 0.15) is 6.92 Å². The summed E-state index contributed by atoms with van der Waals surface area (Å²) in [4.78, 5) is 9.45. The first-order valence-corrected chi connectivity index (χ1v) is 1.55. The minimum atomic E-state index is -1.23. The average Bonchev–Trinajstić information content (AvgIpc) is 1.36. The zero-order chi connectivity index (χ0) is 5.15. The van der Waals surface area contributed by atoms with Crippen molar-refractivity contribution in [2.75, 3.05) is 0 Å². The molecule has 72 valence electrons. The number of carboxylic acids is 1. The molecule has 0 saturated carbocycles. The Hall–Kier alpha value is -0.0157. The van der Waals surface area contributed by atoms with Gasteiger partial charge in [-0.1, -0.05) is 0 Å². The van der Waals surface area contributed by atoms with Gasteiger partial charge in [-0.15, -0.1) is 0 Å². The molecule has 0 aliphatic carbocycles. The van der Waals surface area contributed by atoms with Crippen LogP contribution in [0.25, 0.3) is 0 Å². The van der Waals surface area contributed by atoms with E-state index in [1.54, 1.807) is 0 Å². The molecule has 1 unspecified atom stereocenters. The van der Waals surface area contributed by atoms with Gasteiger partial charge in [0.25, 0.3) is 0 Å². The largest absolute Gasteiger partial charge is 0.479 e. The van der Waals surface area contributed by atoms with Gasteiger partial charge in [-0.2, -0.15) is 0 Å². The molecular formula is C3H15NO6Ti. The van der Waals surface area contributed by atoms with Crippen LogP contribution >= 0.6 is 0 Å². The molecule has 0 aromatic heterocycles. The Balaban J connectivity index is -0.0000000125. The number of hydrogen-bond acceptors (Lipinski definition) is 3. The molecule has 0 radical (unpaired) electrons. The van der Waals surface area contributed by atoms with Crippen molar-refractivity contribution in [3.05, 3.63) is 0 Å². The number of aliphatic carboxylic acids is 1. The molecule has 0 saturated heterocycles. The van der Waals surface area contributed by atoms with Gasteiger partial charge < -0.3 is 32.8 Å². The summed E-state index contributed by atoms with van der Waals surface area (Å²) in [6, 6.07) is 0. The first-order chi connectivity index (χ1) is 2.64. The van der Waals surface area contributed by atoms with Crippen molar-refractivity contribution in [3.63, 3.8) is 0 Å². The predicted molar refractivity (Wildman–Crippen MR) is 35.2 cm³/mol. The van der Waals surface area contributed by atoms with E-state index in [0.29, 0.717) is 0 Å². The second kappa shape index (κ2) is 22.5. The van der Waals surface area contributed by atoms with Gasteiger partial charge in [0.1, 0.15) is 6.10 Å². The van der Waals surface area contributed by atoms with Gasteiger partial charge in [0.05, 0.1) is 0 Å². The first kappa shape index (κ1) is 44.1. The SMILES string of the molecule is CC(O)C(=O)O.N.O.O.O.[Ti]. The normalized spacial score (nSPS) is 7.45. The van der Waals surface area contributed by atoms with Crippen LogP contribution in [0.3, 0.4) is 0 Å². The van der Waals surface area contributed by atoms with E-state index in [1.807, 2.05) is 0 Å². The van der Waals surface area contributed by atoms with Crippen LogP contribution in [0.4, 0.5) is 0 Å². The molecule has 0 aromatic carbocycles. The van der Waals surface area contributed by atoms with E-state index >= 15 is 0 Å². The van der Waals surface area contributed by atoms with Gasteiger partial charge in [0.15, 0.2) is 0 Å². The van der Waals surface area contributed by atoms with E-state index in [9.17, 15) is 4.79 Å². The van der Waals surface area contributed by atoms with Gasteiger partial charge in [-0.3, -0.25) is 0 Å². The summed E-state index contributed by atoms with van der Waals surface area (Å²) in [6.45, 7) is 1.20. The minimum absolute atomic E-state index is 0. The van der Waals surface area contributed by atoms with Crippen LogP contribution in [0.15, 0.2) is 0 Å². The minimum Gasteiger partial charge on any atom is -0.479 e. The average molecular weight is 209 g/mol. The van der Waals surface area contributed by atoms with E-state index in [0.717, 1.165) is 0 Å². The van der Waals surface area contributed by atoms with E-state index in [2.05, 4.69) is 0 Å². The summed E-state index contributed by atoms with van der Waals surface area (Å²) in [7, 11) is 0. The van der Waals surface area contributed by atoms with Crippen molar-refractivity contribution in [1.82, 2.24) is 6.15 Å². The molecule has 0 spiro atoms. The molecule has 0 bridgehead atoms. The zero-order valence-corrected chi connectivity index (χ0v) is 7.65. The van der Waals surface area contributed by atoms with E-state index in [1.165, 1.54) is 6.92 Å². The molecule has 11 heavy (non-hydrogen) atoms. The molecule has 0 amide bonds. The monoisotopic (exact) mass is 209 g/mol. The van der Waals surface area contributed by atoms with E-state index in [4.69, 9.17) is 10.2 Å². The van der Waals surface area contributed by atoms with Gasteiger partial charge in [-0.25, -0.2) is 4.79 Å². The van der Waals surface area contributed by atoms with Crippen LogP contribution < -0.4 is 6.15 Å². The summed E-state index contributed by atoms with van der Waals surface area (Å²) < 4.78 is 0. The number of hydrogen-bond donors (Lipinski definition) is 3. The second-order valence-corrected chi connectivity index (χ2v) is 1.01. The van der Waals surface area contributed by atoms with Crippen LogP contribution in [-0.2, 0) is 26.5 Å². The van der Waals surface area contributed by atoms with Crippen molar-refractivity contribution >= 4 is 5.97 Å². The Morgan fingerprint density at radius 2 is 1.36 bits per heavy atom. The Morgan fingerprint density at radius 3 is 1.36 bits per heavy atom. The molecule has 8 heteroatoms. The third-order valence-electron chi connectivity index (χ3n) is 0.357. The Kier molecular flexibility index (Phi) is 90.2. The summed E-state index contributed by atoms with van der Waals surface area (Å²) in [5.41, 5.74) is 0. The molecule has 0 rings (SSSR count). The predicted octanol–water partition coefficient (Wildman–Crippen LogP) is -2.86. The van der Waals surface area contributed by atoms with Crippen molar-refractivity contribution in [1.29, 1.82) is 0 Å². The molecule has 11 N–H and O–H groups in total. The fraction of sp³-hybridized carbons (Fsp3) is 0.667. The van der Waals surface area contributed by atoms with Crippen LogP contribution in [0.5, 0.6) is 0 Å². The van der Waals surface area contributed by atoms with E-state index < -0.39 is 12.1 Å². The number of carbonyl (C=O) groups is 1.